The van der Waals surface area contributed by atoms with Crippen LogP contribution in [-0.4, -0.2) is 12.5 Å². The first-order chi connectivity index (χ1) is 6.93. The molecule has 0 fully saturated rings. The van der Waals surface area contributed by atoms with Gasteiger partial charge in [0.25, 0.3) is 5.91 Å². The zero-order chi connectivity index (χ0) is 11.6. The van der Waals surface area contributed by atoms with Crippen molar-refractivity contribution in [1.29, 1.82) is 0 Å². The molecule has 1 rings (SSSR count). The molecule has 0 heterocycles. The van der Waals surface area contributed by atoms with Crippen molar-refractivity contribution in [2.24, 2.45) is 5.73 Å². The van der Waals surface area contributed by atoms with Gasteiger partial charge < -0.3 is 10.5 Å². The predicted octanol–water partition coefficient (Wildman–Crippen LogP) is 2.69. The number of nitrogens with two attached hydrogens (primary N) is 1. The summed E-state index contributed by atoms with van der Waals surface area (Å²) in [5.74, 6) is -1.43. The van der Waals surface area contributed by atoms with Crippen molar-refractivity contribution in [3.63, 3.8) is 0 Å². The molecule has 0 bridgehead atoms. The van der Waals surface area contributed by atoms with Gasteiger partial charge in [-0.1, -0.05) is 23.2 Å². The molecule has 0 atom stereocenters. The van der Waals surface area contributed by atoms with E-state index in [2.05, 4.69) is 4.74 Å². The van der Waals surface area contributed by atoms with Gasteiger partial charge in [0.1, 0.15) is 5.02 Å². The van der Waals surface area contributed by atoms with Crippen LogP contribution in [0.4, 0.5) is 8.78 Å². The van der Waals surface area contributed by atoms with Crippen LogP contribution in [0.15, 0.2) is 12.1 Å². The fourth-order valence-electron chi connectivity index (χ4n) is 0.930. The number of halogens is 4. The van der Waals surface area contributed by atoms with E-state index < -0.39 is 18.3 Å². The lowest BCUT2D eigenvalue weighted by atomic mass is 10.2. The standard InChI is InChI=1S/C8H5Cl2F2NO2/c9-4-2-1-3(7(13)14)6(5(4)10)15-8(11)12/h1-2,8H,(H2,13,14). The molecule has 0 saturated heterocycles. The lowest BCUT2D eigenvalue weighted by Crippen LogP contribution is -2.15. The summed E-state index contributed by atoms with van der Waals surface area (Å²) < 4.78 is 28.1. The number of hydrogen-bond acceptors (Lipinski definition) is 2. The minimum atomic E-state index is -3.11. The number of primary amides is 1. The monoisotopic (exact) mass is 255 g/mol. The molecule has 0 saturated carbocycles. The number of amides is 1. The fourth-order valence-corrected chi connectivity index (χ4v) is 1.29. The zero-order valence-corrected chi connectivity index (χ0v) is 8.65. The SMILES string of the molecule is NC(=O)c1ccc(Cl)c(Cl)c1OC(F)F. The van der Waals surface area contributed by atoms with Crippen molar-refractivity contribution in [2.75, 3.05) is 0 Å². The molecule has 2 N–H and O–H groups in total. The highest BCUT2D eigenvalue weighted by Gasteiger charge is 2.19. The molecule has 7 heteroatoms. The number of carbonyl (C=O) groups is 1. The summed E-state index contributed by atoms with van der Waals surface area (Å²) in [5, 5.41) is -0.273. The number of benzene rings is 1. The molecule has 0 unspecified atom stereocenters. The van der Waals surface area contributed by atoms with Crippen molar-refractivity contribution < 1.29 is 18.3 Å². The van der Waals surface area contributed by atoms with Gasteiger partial charge in [0.2, 0.25) is 0 Å². The van der Waals surface area contributed by atoms with Gasteiger partial charge >= 0.3 is 6.61 Å². The van der Waals surface area contributed by atoms with E-state index in [1.807, 2.05) is 0 Å². The maximum Gasteiger partial charge on any atom is 0.387 e. The molecule has 0 aliphatic heterocycles. The quantitative estimate of drug-likeness (QED) is 0.903. The summed E-state index contributed by atoms with van der Waals surface area (Å²) in [6.07, 6.45) is 0. The number of ether oxygens (including phenoxy) is 1. The highest BCUT2D eigenvalue weighted by molar-refractivity contribution is 6.43. The zero-order valence-electron chi connectivity index (χ0n) is 7.14. The molecule has 82 valence electrons. The molecule has 0 aliphatic carbocycles. The Morgan fingerprint density at radius 3 is 2.47 bits per heavy atom. The molecule has 1 aromatic rings. The Bertz CT molecular complexity index is 398. The Kier molecular flexibility index (Phi) is 3.71. The normalized spacial score (nSPS) is 10.5. The summed E-state index contributed by atoms with van der Waals surface area (Å²) in [6, 6.07) is 2.43. The molecule has 0 aliphatic rings. The molecular weight excluding hydrogens is 251 g/mol. The van der Waals surface area contributed by atoms with Gasteiger partial charge in [-0.25, -0.2) is 0 Å². The summed E-state index contributed by atoms with van der Waals surface area (Å²) in [7, 11) is 0. The van der Waals surface area contributed by atoms with E-state index in [9.17, 15) is 13.6 Å². The highest BCUT2D eigenvalue weighted by atomic mass is 35.5. The minimum absolute atomic E-state index is 0.00248. The van der Waals surface area contributed by atoms with E-state index in [0.29, 0.717) is 0 Å². The van der Waals surface area contributed by atoms with Crippen molar-refractivity contribution in [2.45, 2.75) is 6.61 Å². The van der Waals surface area contributed by atoms with E-state index in [1.165, 1.54) is 6.07 Å². The van der Waals surface area contributed by atoms with E-state index in [4.69, 9.17) is 28.9 Å². The second-order valence-electron chi connectivity index (χ2n) is 2.48. The number of rotatable bonds is 3. The Balaban J connectivity index is 3.28. The van der Waals surface area contributed by atoms with Crippen LogP contribution in [0.1, 0.15) is 10.4 Å². The topological polar surface area (TPSA) is 52.3 Å². The number of hydrogen-bond donors (Lipinski definition) is 1. The largest absolute Gasteiger partial charge is 0.432 e. The smallest absolute Gasteiger partial charge is 0.387 e. The van der Waals surface area contributed by atoms with E-state index in [-0.39, 0.29) is 15.6 Å². The molecule has 0 radical (unpaired) electrons. The van der Waals surface area contributed by atoms with Crippen molar-refractivity contribution in [3.8, 4) is 5.75 Å². The average Bonchev–Trinajstić information content (AvgIpc) is 2.12. The second-order valence-corrected chi connectivity index (χ2v) is 3.27. The third kappa shape index (κ3) is 2.70. The molecular formula is C8H5Cl2F2NO2. The van der Waals surface area contributed by atoms with Crippen LogP contribution in [0.25, 0.3) is 0 Å². The van der Waals surface area contributed by atoms with Crippen molar-refractivity contribution in [3.05, 3.63) is 27.7 Å². The van der Waals surface area contributed by atoms with Crippen LogP contribution in [0.5, 0.6) is 5.75 Å². The van der Waals surface area contributed by atoms with Gasteiger partial charge in [0.15, 0.2) is 5.75 Å². The minimum Gasteiger partial charge on any atom is -0.432 e. The van der Waals surface area contributed by atoms with Gasteiger partial charge in [-0.05, 0) is 12.1 Å². The summed E-state index contributed by atoms with van der Waals surface area (Å²) in [5.41, 5.74) is 4.70. The molecule has 0 spiro atoms. The molecule has 3 nitrogen and oxygen atoms in total. The van der Waals surface area contributed by atoms with Crippen LogP contribution in [0.2, 0.25) is 10.0 Å². The maximum absolute atomic E-state index is 12.0. The van der Waals surface area contributed by atoms with Crippen LogP contribution in [-0.2, 0) is 0 Å². The van der Waals surface area contributed by atoms with Crippen molar-refractivity contribution >= 4 is 29.1 Å². The molecule has 1 aromatic carbocycles. The molecule has 0 aromatic heterocycles. The van der Waals surface area contributed by atoms with Gasteiger partial charge in [0.05, 0.1) is 10.6 Å². The van der Waals surface area contributed by atoms with E-state index in [0.717, 1.165) is 6.07 Å². The van der Waals surface area contributed by atoms with Gasteiger partial charge in [-0.3, -0.25) is 4.79 Å². The van der Waals surface area contributed by atoms with Crippen LogP contribution in [0.3, 0.4) is 0 Å². The first kappa shape index (κ1) is 12.0. The lowest BCUT2D eigenvalue weighted by molar-refractivity contribution is -0.0500. The molecule has 15 heavy (non-hydrogen) atoms. The van der Waals surface area contributed by atoms with Crippen LogP contribution < -0.4 is 10.5 Å². The summed E-state index contributed by atoms with van der Waals surface area (Å²) >= 11 is 11.2. The maximum atomic E-state index is 12.0. The summed E-state index contributed by atoms with van der Waals surface area (Å²) in [6.45, 7) is -3.11. The summed E-state index contributed by atoms with van der Waals surface area (Å²) in [4.78, 5) is 10.9. The van der Waals surface area contributed by atoms with Gasteiger partial charge in [-0.2, -0.15) is 8.78 Å². The van der Waals surface area contributed by atoms with Crippen LogP contribution in [0, 0.1) is 0 Å². The third-order valence-electron chi connectivity index (χ3n) is 1.52. The van der Waals surface area contributed by atoms with E-state index in [1.54, 1.807) is 0 Å². The Morgan fingerprint density at radius 1 is 1.40 bits per heavy atom. The lowest BCUT2D eigenvalue weighted by Gasteiger charge is -2.10. The fraction of sp³-hybridized carbons (Fsp3) is 0.125. The second kappa shape index (κ2) is 4.63. The van der Waals surface area contributed by atoms with Gasteiger partial charge in [0, 0.05) is 0 Å². The predicted molar refractivity (Wildman–Crippen MR) is 51.6 cm³/mol. The Morgan fingerprint density at radius 2 is 2.00 bits per heavy atom. The average molecular weight is 256 g/mol. The number of alkyl halides is 2. The first-order valence-electron chi connectivity index (χ1n) is 3.66. The Hall–Kier alpha value is -1.07. The van der Waals surface area contributed by atoms with E-state index >= 15 is 0 Å². The highest BCUT2D eigenvalue weighted by Crippen LogP contribution is 2.35. The van der Waals surface area contributed by atoms with Crippen LogP contribution >= 0.6 is 23.2 Å². The third-order valence-corrected chi connectivity index (χ3v) is 2.31. The first-order valence-corrected chi connectivity index (χ1v) is 4.41. The molecule has 1 amide bonds. The van der Waals surface area contributed by atoms with Gasteiger partial charge in [-0.15, -0.1) is 0 Å². The number of carbonyl (C=O) groups excluding carboxylic acids is 1. The van der Waals surface area contributed by atoms with Crippen molar-refractivity contribution in [1.82, 2.24) is 0 Å². The Labute approximate surface area is 93.7 Å².